The van der Waals surface area contributed by atoms with Gasteiger partial charge in [0.15, 0.2) is 0 Å². The van der Waals surface area contributed by atoms with E-state index in [1.165, 1.54) is 0 Å². The van der Waals surface area contributed by atoms with E-state index in [1.807, 2.05) is 56.3 Å². The minimum atomic E-state index is -0.332. The molecule has 0 radical (unpaired) electrons. The number of carbonyl (C=O) groups excluding carboxylic acids is 2. The summed E-state index contributed by atoms with van der Waals surface area (Å²) < 4.78 is 1.00. The second-order valence-electron chi connectivity index (χ2n) is 6.15. The average molecular weight is 387 g/mol. The zero-order valence-corrected chi connectivity index (χ0v) is 15.3. The van der Waals surface area contributed by atoms with E-state index in [9.17, 15) is 9.59 Å². The van der Waals surface area contributed by atoms with Crippen LogP contribution in [0.5, 0.6) is 0 Å². The summed E-state index contributed by atoms with van der Waals surface area (Å²) in [6.07, 6.45) is 0.246. The molecule has 1 N–H and O–H groups in total. The summed E-state index contributed by atoms with van der Waals surface area (Å²) in [6.45, 7) is 4.37. The number of nitrogens with zero attached hydrogens (tertiary/aromatic N) is 1. The standard InChI is InChI=1S/C19H19BrN2O2/c1-12-5-3-4-6-17(12)22-11-14(10-18(22)23)19(24)21-15-7-8-16(20)13(2)9-15/h3-9,14H,10-11H2,1-2H3,(H,21,24)/t14-/m1/s1. The van der Waals surface area contributed by atoms with Gasteiger partial charge in [0, 0.05) is 28.8 Å². The van der Waals surface area contributed by atoms with Crippen molar-refractivity contribution in [3.05, 3.63) is 58.1 Å². The minimum Gasteiger partial charge on any atom is -0.326 e. The Bertz CT molecular complexity index is 804. The van der Waals surface area contributed by atoms with Crippen molar-refractivity contribution in [3.8, 4) is 0 Å². The lowest BCUT2D eigenvalue weighted by Gasteiger charge is -2.19. The van der Waals surface area contributed by atoms with Gasteiger partial charge in [0.25, 0.3) is 0 Å². The Balaban J connectivity index is 1.72. The van der Waals surface area contributed by atoms with Gasteiger partial charge in [-0.25, -0.2) is 0 Å². The van der Waals surface area contributed by atoms with Crippen molar-refractivity contribution < 1.29 is 9.59 Å². The van der Waals surface area contributed by atoms with Crippen LogP contribution in [0.2, 0.25) is 0 Å². The number of aryl methyl sites for hydroxylation is 2. The van der Waals surface area contributed by atoms with Gasteiger partial charge in [-0.15, -0.1) is 0 Å². The van der Waals surface area contributed by atoms with Crippen LogP contribution >= 0.6 is 15.9 Å². The third-order valence-electron chi connectivity index (χ3n) is 4.33. The molecule has 4 nitrogen and oxygen atoms in total. The Kier molecular flexibility index (Phi) is 4.71. The fourth-order valence-electron chi connectivity index (χ4n) is 2.95. The van der Waals surface area contributed by atoms with Crippen molar-refractivity contribution >= 4 is 39.1 Å². The summed E-state index contributed by atoms with van der Waals surface area (Å²) in [5.41, 5.74) is 3.73. The Hall–Kier alpha value is -2.14. The topological polar surface area (TPSA) is 49.4 Å². The zero-order valence-electron chi connectivity index (χ0n) is 13.7. The van der Waals surface area contributed by atoms with Gasteiger partial charge in [0.2, 0.25) is 11.8 Å². The lowest BCUT2D eigenvalue weighted by molar-refractivity contribution is -0.122. The van der Waals surface area contributed by atoms with E-state index in [-0.39, 0.29) is 24.2 Å². The fraction of sp³-hybridized carbons (Fsp3) is 0.263. The largest absolute Gasteiger partial charge is 0.326 e. The van der Waals surface area contributed by atoms with E-state index in [0.717, 1.165) is 27.0 Å². The number of hydrogen-bond donors (Lipinski definition) is 1. The van der Waals surface area contributed by atoms with Crippen LogP contribution in [0.4, 0.5) is 11.4 Å². The van der Waals surface area contributed by atoms with Crippen LogP contribution in [0.25, 0.3) is 0 Å². The molecule has 0 saturated carbocycles. The van der Waals surface area contributed by atoms with Gasteiger partial charge in [-0.1, -0.05) is 34.1 Å². The summed E-state index contributed by atoms with van der Waals surface area (Å²) in [5, 5.41) is 2.92. The molecule has 3 rings (SSSR count). The van der Waals surface area contributed by atoms with Crippen molar-refractivity contribution in [2.75, 3.05) is 16.8 Å². The minimum absolute atomic E-state index is 0.00330. The summed E-state index contributed by atoms with van der Waals surface area (Å²) in [5.74, 6) is -0.446. The molecule has 1 saturated heterocycles. The molecule has 1 fully saturated rings. The van der Waals surface area contributed by atoms with Crippen LogP contribution in [-0.2, 0) is 9.59 Å². The number of benzene rings is 2. The first kappa shape index (κ1) is 16.7. The molecule has 0 bridgehead atoms. The van der Waals surface area contributed by atoms with Crippen molar-refractivity contribution in [1.82, 2.24) is 0 Å². The highest BCUT2D eigenvalue weighted by Gasteiger charge is 2.35. The number of halogens is 1. The second-order valence-corrected chi connectivity index (χ2v) is 7.00. The number of para-hydroxylation sites is 1. The third-order valence-corrected chi connectivity index (χ3v) is 5.22. The van der Waals surface area contributed by atoms with E-state index in [1.54, 1.807) is 4.90 Å². The molecule has 1 aliphatic rings. The summed E-state index contributed by atoms with van der Waals surface area (Å²) in [6, 6.07) is 13.4. The van der Waals surface area contributed by atoms with Gasteiger partial charge in [-0.05, 0) is 49.2 Å². The highest BCUT2D eigenvalue weighted by atomic mass is 79.9. The van der Waals surface area contributed by atoms with E-state index in [0.29, 0.717) is 6.54 Å². The molecule has 2 aromatic rings. The van der Waals surface area contributed by atoms with Crippen LogP contribution in [0, 0.1) is 19.8 Å². The first-order valence-electron chi connectivity index (χ1n) is 7.88. The van der Waals surface area contributed by atoms with Crippen LogP contribution in [0.3, 0.4) is 0 Å². The summed E-state index contributed by atoms with van der Waals surface area (Å²) >= 11 is 3.45. The SMILES string of the molecule is Cc1cc(NC(=O)[C@@H]2CC(=O)N(c3ccccc3C)C2)ccc1Br. The number of carbonyl (C=O) groups is 2. The molecular weight excluding hydrogens is 368 g/mol. The Morgan fingerprint density at radius 3 is 2.62 bits per heavy atom. The van der Waals surface area contributed by atoms with Crippen LogP contribution in [0.1, 0.15) is 17.5 Å². The Labute approximate surface area is 150 Å². The molecule has 1 aliphatic heterocycles. The molecule has 24 heavy (non-hydrogen) atoms. The third kappa shape index (κ3) is 3.36. The molecule has 0 unspecified atom stereocenters. The van der Waals surface area contributed by atoms with Crippen molar-refractivity contribution in [3.63, 3.8) is 0 Å². The summed E-state index contributed by atoms with van der Waals surface area (Å²) in [7, 11) is 0. The molecule has 1 heterocycles. The number of amides is 2. The quantitative estimate of drug-likeness (QED) is 0.864. The van der Waals surface area contributed by atoms with Crippen LogP contribution in [-0.4, -0.2) is 18.4 Å². The molecule has 5 heteroatoms. The molecular formula is C19H19BrN2O2. The number of hydrogen-bond acceptors (Lipinski definition) is 2. The van der Waals surface area contributed by atoms with Crippen molar-refractivity contribution in [2.45, 2.75) is 20.3 Å². The lowest BCUT2D eigenvalue weighted by atomic mass is 10.1. The first-order chi connectivity index (χ1) is 11.5. The molecule has 124 valence electrons. The van der Waals surface area contributed by atoms with E-state index >= 15 is 0 Å². The molecule has 0 spiro atoms. The maximum Gasteiger partial charge on any atom is 0.229 e. The molecule has 2 amide bonds. The average Bonchev–Trinajstić information content (AvgIpc) is 2.93. The monoisotopic (exact) mass is 386 g/mol. The predicted molar refractivity (Wildman–Crippen MR) is 99.1 cm³/mol. The summed E-state index contributed by atoms with van der Waals surface area (Å²) in [4.78, 5) is 26.6. The number of nitrogens with one attached hydrogen (secondary N) is 1. The van der Waals surface area contributed by atoms with Gasteiger partial charge in [-0.2, -0.15) is 0 Å². The Morgan fingerprint density at radius 2 is 1.92 bits per heavy atom. The maximum atomic E-state index is 12.5. The molecule has 0 aliphatic carbocycles. The smallest absolute Gasteiger partial charge is 0.229 e. The fourth-order valence-corrected chi connectivity index (χ4v) is 3.20. The van der Waals surface area contributed by atoms with Crippen molar-refractivity contribution in [1.29, 1.82) is 0 Å². The van der Waals surface area contributed by atoms with Crippen LogP contribution in [0.15, 0.2) is 46.9 Å². The number of rotatable bonds is 3. The zero-order chi connectivity index (χ0) is 17.3. The predicted octanol–water partition coefficient (Wildman–Crippen LogP) is 4.06. The Morgan fingerprint density at radius 1 is 1.17 bits per heavy atom. The van der Waals surface area contributed by atoms with Gasteiger partial charge >= 0.3 is 0 Å². The second kappa shape index (κ2) is 6.77. The molecule has 1 atom stereocenters. The van der Waals surface area contributed by atoms with Gasteiger partial charge in [0.1, 0.15) is 0 Å². The van der Waals surface area contributed by atoms with Crippen molar-refractivity contribution in [2.24, 2.45) is 5.92 Å². The van der Waals surface area contributed by atoms with E-state index < -0.39 is 0 Å². The normalized spacial score (nSPS) is 17.2. The first-order valence-corrected chi connectivity index (χ1v) is 8.68. The highest BCUT2D eigenvalue weighted by molar-refractivity contribution is 9.10. The van der Waals surface area contributed by atoms with E-state index in [4.69, 9.17) is 0 Å². The molecule has 0 aromatic heterocycles. The van der Waals surface area contributed by atoms with Gasteiger partial charge in [0.05, 0.1) is 5.92 Å². The lowest BCUT2D eigenvalue weighted by Crippen LogP contribution is -2.28. The van der Waals surface area contributed by atoms with E-state index in [2.05, 4.69) is 21.2 Å². The van der Waals surface area contributed by atoms with Crippen LogP contribution < -0.4 is 10.2 Å². The molecule has 2 aromatic carbocycles. The van der Waals surface area contributed by atoms with Gasteiger partial charge < -0.3 is 10.2 Å². The maximum absolute atomic E-state index is 12.5. The highest BCUT2D eigenvalue weighted by Crippen LogP contribution is 2.28. The number of anilines is 2. The van der Waals surface area contributed by atoms with Gasteiger partial charge in [-0.3, -0.25) is 9.59 Å².